The third kappa shape index (κ3) is 12.9. The quantitative estimate of drug-likeness (QED) is 0.326. The summed E-state index contributed by atoms with van der Waals surface area (Å²) < 4.78 is 32.9. The van der Waals surface area contributed by atoms with Crippen LogP contribution in [0.2, 0.25) is 0 Å². The second kappa shape index (κ2) is 13.2. The molecule has 0 spiro atoms. The van der Waals surface area contributed by atoms with Crippen LogP contribution in [0.4, 0.5) is 0 Å². The molecule has 19 heavy (non-hydrogen) atoms. The van der Waals surface area contributed by atoms with Gasteiger partial charge in [0.1, 0.15) is 0 Å². The van der Waals surface area contributed by atoms with E-state index in [0.29, 0.717) is 12.8 Å². The van der Waals surface area contributed by atoms with Gasteiger partial charge in [-0.1, -0.05) is 46.0 Å². The molecule has 1 N–H and O–H groups in total. The van der Waals surface area contributed by atoms with Gasteiger partial charge < -0.3 is 9.66 Å². The van der Waals surface area contributed by atoms with Crippen LogP contribution in [0.1, 0.15) is 71.6 Å². The van der Waals surface area contributed by atoms with E-state index < -0.39 is 15.4 Å². The van der Waals surface area contributed by atoms with Crippen molar-refractivity contribution in [1.82, 2.24) is 0 Å². The van der Waals surface area contributed by atoms with Crippen LogP contribution in [0, 0.1) is 0 Å². The van der Waals surface area contributed by atoms with Crippen LogP contribution in [-0.2, 0) is 10.1 Å². The molecule has 0 saturated heterocycles. The Hall–Kier alpha value is 1.51. The monoisotopic (exact) mass is 318 g/mol. The van der Waals surface area contributed by atoms with Crippen molar-refractivity contribution in [2.75, 3.05) is 0 Å². The molecule has 110 valence electrons. The molecule has 0 radical (unpaired) electrons. The standard InChI is InChI=1S/C13H28O4S.K/c1-3-8-12(14)10-6-5-7-11-13(9-4-2)18(15,16)17;/h12-14H,3-11H2,1-2H3,(H,15,16,17);/q;+1/p-1. The van der Waals surface area contributed by atoms with Crippen molar-refractivity contribution < 1.29 is 69.5 Å². The molecular weight excluding hydrogens is 291 g/mol. The number of aliphatic hydroxyl groups excluding tert-OH is 1. The zero-order chi connectivity index (χ0) is 14.0. The fourth-order valence-electron chi connectivity index (χ4n) is 2.16. The van der Waals surface area contributed by atoms with E-state index in [9.17, 15) is 18.1 Å². The molecule has 0 fully saturated rings. The van der Waals surface area contributed by atoms with Crippen molar-refractivity contribution in [3.8, 4) is 0 Å². The van der Waals surface area contributed by atoms with Crippen molar-refractivity contribution in [2.45, 2.75) is 83.0 Å². The molecule has 0 aliphatic rings. The molecule has 0 amide bonds. The minimum atomic E-state index is -4.14. The molecule has 6 heteroatoms. The maximum atomic E-state index is 11.0. The summed E-state index contributed by atoms with van der Waals surface area (Å²) in [4.78, 5) is 0. The Balaban J connectivity index is 0. The second-order valence-electron chi connectivity index (χ2n) is 4.98. The van der Waals surface area contributed by atoms with Gasteiger partial charge in [-0.15, -0.1) is 0 Å². The van der Waals surface area contributed by atoms with Gasteiger partial charge in [0.05, 0.1) is 16.2 Å². The predicted molar refractivity (Wildman–Crippen MR) is 72.4 cm³/mol. The minimum Gasteiger partial charge on any atom is -0.748 e. The van der Waals surface area contributed by atoms with E-state index in [0.717, 1.165) is 44.9 Å². The van der Waals surface area contributed by atoms with Gasteiger partial charge >= 0.3 is 51.4 Å². The summed E-state index contributed by atoms with van der Waals surface area (Å²) in [5, 5.41) is 8.81. The van der Waals surface area contributed by atoms with Gasteiger partial charge in [0.15, 0.2) is 0 Å². The smallest absolute Gasteiger partial charge is 0.748 e. The molecule has 0 aromatic carbocycles. The molecule has 0 heterocycles. The number of hydrogen-bond acceptors (Lipinski definition) is 4. The van der Waals surface area contributed by atoms with Crippen molar-refractivity contribution in [1.29, 1.82) is 0 Å². The van der Waals surface area contributed by atoms with Crippen molar-refractivity contribution in [3.05, 3.63) is 0 Å². The third-order valence-electron chi connectivity index (χ3n) is 3.20. The van der Waals surface area contributed by atoms with Crippen LogP contribution in [-0.4, -0.2) is 29.4 Å². The SMILES string of the molecule is CCCC(O)CCCCCC(CCC)S(=O)(=O)[O-].[K+]. The first-order chi connectivity index (χ1) is 8.41. The summed E-state index contributed by atoms with van der Waals surface area (Å²) in [6.07, 6.45) is 6.54. The van der Waals surface area contributed by atoms with E-state index in [1.165, 1.54) is 0 Å². The third-order valence-corrected chi connectivity index (χ3v) is 4.49. The predicted octanol–water partition coefficient (Wildman–Crippen LogP) is -0.184. The molecule has 0 aromatic rings. The number of aliphatic hydroxyl groups is 1. The van der Waals surface area contributed by atoms with E-state index in [4.69, 9.17) is 0 Å². The molecule has 2 unspecified atom stereocenters. The Kier molecular flexibility index (Phi) is 15.8. The summed E-state index contributed by atoms with van der Waals surface area (Å²) in [7, 11) is -4.14. The number of hydrogen-bond donors (Lipinski definition) is 1. The molecule has 0 saturated carbocycles. The van der Waals surface area contributed by atoms with Crippen LogP contribution < -0.4 is 51.4 Å². The maximum Gasteiger partial charge on any atom is 1.00 e. The van der Waals surface area contributed by atoms with Gasteiger partial charge in [0.2, 0.25) is 0 Å². The average molecular weight is 319 g/mol. The van der Waals surface area contributed by atoms with Crippen molar-refractivity contribution >= 4 is 10.1 Å². The topological polar surface area (TPSA) is 77.4 Å². The summed E-state index contributed by atoms with van der Waals surface area (Å²) >= 11 is 0. The molecule has 0 bridgehead atoms. The fraction of sp³-hybridized carbons (Fsp3) is 1.00. The molecular formula is C13H27KO4S. The molecule has 0 aliphatic heterocycles. The average Bonchev–Trinajstić information content (AvgIpc) is 2.26. The van der Waals surface area contributed by atoms with E-state index in [1.54, 1.807) is 0 Å². The Bertz CT molecular complexity index is 293. The van der Waals surface area contributed by atoms with Gasteiger partial charge in [-0.3, -0.25) is 0 Å². The summed E-state index contributed by atoms with van der Waals surface area (Å²) in [6.45, 7) is 3.93. The Morgan fingerprint density at radius 3 is 1.95 bits per heavy atom. The van der Waals surface area contributed by atoms with Gasteiger partial charge in [-0.25, -0.2) is 8.42 Å². The molecule has 4 nitrogen and oxygen atoms in total. The van der Waals surface area contributed by atoms with E-state index in [-0.39, 0.29) is 57.5 Å². The fourth-order valence-corrected chi connectivity index (χ4v) is 3.14. The first kappa shape index (κ1) is 22.8. The van der Waals surface area contributed by atoms with Gasteiger partial charge in [0.25, 0.3) is 0 Å². The minimum absolute atomic E-state index is 0. The van der Waals surface area contributed by atoms with Crippen LogP contribution in [0.3, 0.4) is 0 Å². The molecule has 2 atom stereocenters. The van der Waals surface area contributed by atoms with Crippen molar-refractivity contribution in [2.24, 2.45) is 0 Å². The van der Waals surface area contributed by atoms with Crippen LogP contribution in [0.5, 0.6) is 0 Å². The molecule has 0 aliphatic carbocycles. The summed E-state index contributed by atoms with van der Waals surface area (Å²) in [5.41, 5.74) is 0. The van der Waals surface area contributed by atoms with Gasteiger partial charge in [-0.2, -0.15) is 0 Å². The van der Waals surface area contributed by atoms with E-state index >= 15 is 0 Å². The van der Waals surface area contributed by atoms with Crippen LogP contribution in [0.15, 0.2) is 0 Å². The number of rotatable bonds is 11. The molecule has 0 rings (SSSR count). The Morgan fingerprint density at radius 2 is 1.47 bits per heavy atom. The normalized spacial score (nSPS) is 14.7. The summed E-state index contributed by atoms with van der Waals surface area (Å²) in [6, 6.07) is 0. The van der Waals surface area contributed by atoms with E-state index in [2.05, 4.69) is 0 Å². The van der Waals surface area contributed by atoms with Crippen LogP contribution >= 0.6 is 0 Å². The molecule has 0 aromatic heterocycles. The van der Waals surface area contributed by atoms with E-state index in [1.807, 2.05) is 13.8 Å². The zero-order valence-corrected chi connectivity index (χ0v) is 16.5. The Labute approximate surface area is 160 Å². The van der Waals surface area contributed by atoms with Crippen molar-refractivity contribution in [3.63, 3.8) is 0 Å². The number of unbranched alkanes of at least 4 members (excludes halogenated alkanes) is 2. The largest absolute Gasteiger partial charge is 1.00 e. The van der Waals surface area contributed by atoms with Gasteiger partial charge in [0, 0.05) is 5.25 Å². The Morgan fingerprint density at radius 1 is 0.947 bits per heavy atom. The maximum absolute atomic E-state index is 11.0. The van der Waals surface area contributed by atoms with Crippen LogP contribution in [0.25, 0.3) is 0 Å². The second-order valence-corrected chi connectivity index (χ2v) is 6.64. The summed E-state index contributed by atoms with van der Waals surface area (Å²) in [5.74, 6) is 0. The first-order valence-corrected chi connectivity index (χ1v) is 8.51. The zero-order valence-electron chi connectivity index (χ0n) is 12.6. The first-order valence-electron chi connectivity index (χ1n) is 7.04. The van der Waals surface area contributed by atoms with Gasteiger partial charge in [-0.05, 0) is 25.7 Å².